The van der Waals surface area contributed by atoms with Crippen molar-refractivity contribution in [3.63, 3.8) is 0 Å². The van der Waals surface area contributed by atoms with Gasteiger partial charge in [-0.3, -0.25) is 0 Å². The summed E-state index contributed by atoms with van der Waals surface area (Å²) in [6.45, 7) is 13.2. The van der Waals surface area contributed by atoms with Crippen molar-refractivity contribution in [2.24, 2.45) is 5.92 Å². The average molecular weight is 275 g/mol. The Hall–Kier alpha value is -0.860. The van der Waals surface area contributed by atoms with Gasteiger partial charge in [-0.25, -0.2) is 0 Å². The number of ether oxygens (including phenoxy) is 1. The van der Waals surface area contributed by atoms with Crippen LogP contribution >= 0.6 is 0 Å². The van der Waals surface area contributed by atoms with Crippen LogP contribution in [0.5, 0.6) is 0 Å². The molecule has 20 heavy (non-hydrogen) atoms. The van der Waals surface area contributed by atoms with Crippen LogP contribution in [0.3, 0.4) is 0 Å². The molecule has 2 heteroatoms. The van der Waals surface area contributed by atoms with Crippen LogP contribution in [0.25, 0.3) is 0 Å². The quantitative estimate of drug-likeness (QED) is 0.894. The van der Waals surface area contributed by atoms with E-state index in [9.17, 15) is 0 Å². The third kappa shape index (κ3) is 3.07. The molecule has 0 spiro atoms. The zero-order chi connectivity index (χ0) is 15.1. The lowest BCUT2D eigenvalue weighted by atomic mass is 9.78. The maximum Gasteiger partial charge on any atom is 0.0681 e. The van der Waals surface area contributed by atoms with Gasteiger partial charge in [-0.2, -0.15) is 0 Å². The molecule has 1 heterocycles. The van der Waals surface area contributed by atoms with Gasteiger partial charge >= 0.3 is 0 Å². The van der Waals surface area contributed by atoms with E-state index in [0.29, 0.717) is 12.0 Å². The molecule has 0 saturated carbocycles. The van der Waals surface area contributed by atoms with Crippen LogP contribution in [0.2, 0.25) is 0 Å². The first kappa shape index (κ1) is 15.5. The number of nitrogens with one attached hydrogen (secondary N) is 1. The second kappa shape index (κ2) is 5.16. The summed E-state index contributed by atoms with van der Waals surface area (Å²) in [5.74, 6) is 0.476. The van der Waals surface area contributed by atoms with Crippen LogP contribution in [-0.2, 0) is 4.74 Å². The van der Waals surface area contributed by atoms with Gasteiger partial charge in [0.05, 0.1) is 11.2 Å². The van der Waals surface area contributed by atoms with Gasteiger partial charge in [0, 0.05) is 12.0 Å². The zero-order valence-electron chi connectivity index (χ0n) is 14.0. The molecule has 1 aliphatic heterocycles. The molecule has 1 saturated heterocycles. The summed E-state index contributed by atoms with van der Waals surface area (Å²) in [5.41, 5.74) is 3.90. The Labute approximate surface area is 123 Å². The lowest BCUT2D eigenvalue weighted by Gasteiger charge is -2.33. The summed E-state index contributed by atoms with van der Waals surface area (Å²) in [5, 5.41) is 3.53. The Bertz CT molecular complexity index is 470. The van der Waals surface area contributed by atoms with Crippen molar-refractivity contribution in [3.05, 3.63) is 34.9 Å². The highest BCUT2D eigenvalue weighted by Crippen LogP contribution is 2.47. The fraction of sp³-hybridized carbons (Fsp3) is 0.667. The summed E-state index contributed by atoms with van der Waals surface area (Å²) < 4.78 is 6.27. The lowest BCUT2D eigenvalue weighted by Crippen LogP contribution is -2.37. The molecule has 0 radical (unpaired) electrons. The number of rotatable bonds is 3. The van der Waals surface area contributed by atoms with Crippen LogP contribution in [0.1, 0.15) is 56.8 Å². The molecule has 1 fully saturated rings. The minimum absolute atomic E-state index is 0.0395. The van der Waals surface area contributed by atoms with E-state index in [1.165, 1.54) is 16.7 Å². The maximum absolute atomic E-state index is 6.27. The largest absolute Gasteiger partial charge is 0.369 e. The molecule has 1 aliphatic rings. The van der Waals surface area contributed by atoms with Gasteiger partial charge in [-0.15, -0.1) is 0 Å². The molecule has 0 bridgehead atoms. The van der Waals surface area contributed by atoms with E-state index in [4.69, 9.17) is 4.74 Å². The van der Waals surface area contributed by atoms with Crippen molar-refractivity contribution in [3.8, 4) is 0 Å². The number of hydrogen-bond donors (Lipinski definition) is 1. The normalized spacial score (nSPS) is 25.6. The van der Waals surface area contributed by atoms with Crippen molar-refractivity contribution in [2.45, 2.75) is 65.2 Å². The first-order chi connectivity index (χ1) is 9.14. The zero-order valence-corrected chi connectivity index (χ0v) is 14.0. The SMILES string of the molecule is CNC(c1cc(C)cc(C)c1)C1CC(C)(C)OC1(C)C. The second-order valence-corrected chi connectivity index (χ2v) is 7.46. The molecule has 2 rings (SSSR count). The summed E-state index contributed by atoms with van der Waals surface area (Å²) in [4.78, 5) is 0. The van der Waals surface area contributed by atoms with E-state index >= 15 is 0 Å². The van der Waals surface area contributed by atoms with Crippen molar-refractivity contribution in [1.82, 2.24) is 5.32 Å². The van der Waals surface area contributed by atoms with Crippen molar-refractivity contribution >= 4 is 0 Å². The minimum Gasteiger partial charge on any atom is -0.369 e. The van der Waals surface area contributed by atoms with E-state index in [1.807, 2.05) is 0 Å². The summed E-state index contributed by atoms with van der Waals surface area (Å²) in [6.07, 6.45) is 1.08. The molecule has 0 aromatic heterocycles. The van der Waals surface area contributed by atoms with Crippen LogP contribution in [0.4, 0.5) is 0 Å². The topological polar surface area (TPSA) is 21.3 Å². The fourth-order valence-corrected chi connectivity index (χ4v) is 3.91. The lowest BCUT2D eigenvalue weighted by molar-refractivity contribution is -0.0776. The molecule has 1 aromatic rings. The number of aryl methyl sites for hydroxylation is 2. The summed E-state index contributed by atoms with van der Waals surface area (Å²) in [7, 11) is 2.06. The molecule has 1 aromatic carbocycles. The Kier molecular flexibility index (Phi) is 4.01. The van der Waals surface area contributed by atoms with Gasteiger partial charge in [-0.1, -0.05) is 29.3 Å². The van der Waals surface area contributed by atoms with Crippen LogP contribution in [-0.4, -0.2) is 18.2 Å². The van der Waals surface area contributed by atoms with Gasteiger partial charge in [0.1, 0.15) is 0 Å². The van der Waals surface area contributed by atoms with Gasteiger partial charge < -0.3 is 10.1 Å². The van der Waals surface area contributed by atoms with Crippen LogP contribution in [0.15, 0.2) is 18.2 Å². The highest BCUT2D eigenvalue weighted by Gasteiger charge is 2.49. The van der Waals surface area contributed by atoms with Gasteiger partial charge in [0.2, 0.25) is 0 Å². The van der Waals surface area contributed by atoms with Crippen LogP contribution < -0.4 is 5.32 Å². The third-order valence-electron chi connectivity index (χ3n) is 4.46. The van der Waals surface area contributed by atoms with Crippen LogP contribution in [0, 0.1) is 19.8 Å². The van der Waals surface area contributed by atoms with E-state index in [2.05, 4.69) is 72.1 Å². The molecule has 112 valence electrons. The smallest absolute Gasteiger partial charge is 0.0681 e. The average Bonchev–Trinajstić information content (AvgIpc) is 2.46. The second-order valence-electron chi connectivity index (χ2n) is 7.46. The predicted molar refractivity (Wildman–Crippen MR) is 85.1 cm³/mol. The first-order valence-electron chi connectivity index (χ1n) is 7.60. The maximum atomic E-state index is 6.27. The van der Waals surface area contributed by atoms with Gasteiger partial charge in [0.15, 0.2) is 0 Å². The summed E-state index contributed by atoms with van der Waals surface area (Å²) in [6, 6.07) is 7.17. The van der Waals surface area contributed by atoms with Crippen molar-refractivity contribution in [2.75, 3.05) is 7.05 Å². The third-order valence-corrected chi connectivity index (χ3v) is 4.46. The van der Waals surface area contributed by atoms with E-state index in [0.717, 1.165) is 6.42 Å². The molecule has 0 aliphatic carbocycles. The van der Waals surface area contributed by atoms with E-state index in [1.54, 1.807) is 0 Å². The Morgan fingerprint density at radius 3 is 2.05 bits per heavy atom. The molecule has 2 atom stereocenters. The molecule has 2 unspecified atom stereocenters. The van der Waals surface area contributed by atoms with E-state index in [-0.39, 0.29) is 11.2 Å². The summed E-state index contributed by atoms with van der Waals surface area (Å²) >= 11 is 0. The first-order valence-corrected chi connectivity index (χ1v) is 7.60. The molecule has 1 N–H and O–H groups in total. The molecular formula is C18H29NO. The van der Waals surface area contributed by atoms with Gasteiger partial charge in [-0.05, 0) is 60.6 Å². The predicted octanol–water partition coefficient (Wildman–Crippen LogP) is 4.16. The van der Waals surface area contributed by atoms with Crippen molar-refractivity contribution < 1.29 is 4.74 Å². The highest BCUT2D eigenvalue weighted by molar-refractivity contribution is 5.31. The standard InChI is InChI=1S/C18H29NO/c1-12-8-13(2)10-14(9-12)16(19-7)15-11-17(3,4)20-18(15,5)6/h8-10,15-16,19H,11H2,1-7H3. The van der Waals surface area contributed by atoms with E-state index < -0.39 is 0 Å². The Balaban J connectivity index is 2.37. The van der Waals surface area contributed by atoms with Gasteiger partial charge in [0.25, 0.3) is 0 Å². The fourth-order valence-electron chi connectivity index (χ4n) is 3.91. The molecular weight excluding hydrogens is 246 g/mol. The number of hydrogen-bond acceptors (Lipinski definition) is 2. The molecule has 0 amide bonds. The van der Waals surface area contributed by atoms with Crippen molar-refractivity contribution in [1.29, 1.82) is 0 Å². The Morgan fingerprint density at radius 2 is 1.65 bits per heavy atom. The minimum atomic E-state index is -0.102. The number of benzene rings is 1. The Morgan fingerprint density at radius 1 is 1.10 bits per heavy atom. The highest BCUT2D eigenvalue weighted by atomic mass is 16.5. The molecule has 2 nitrogen and oxygen atoms in total. The monoisotopic (exact) mass is 275 g/mol.